The van der Waals surface area contributed by atoms with Crippen LogP contribution < -0.4 is 5.73 Å². The number of hydrogen-bond acceptors (Lipinski definition) is 3. The molecule has 0 unspecified atom stereocenters. The second-order valence-electron chi connectivity index (χ2n) is 5.34. The third-order valence-electron chi connectivity index (χ3n) is 3.63. The molecule has 0 atom stereocenters. The molecule has 2 N–H and O–H groups in total. The SMILES string of the molecule is C=NC(=C)/C(N=CCCCCCN)=C(/C)c1ccccc1C. The summed E-state index contributed by atoms with van der Waals surface area (Å²) in [5.74, 6) is 0. The molecule has 1 aromatic carbocycles. The van der Waals surface area contributed by atoms with Crippen molar-refractivity contribution in [1.29, 1.82) is 0 Å². The van der Waals surface area contributed by atoms with Crippen LogP contribution in [-0.4, -0.2) is 19.5 Å². The molecule has 0 bridgehead atoms. The molecule has 0 heterocycles. The van der Waals surface area contributed by atoms with E-state index in [1.807, 2.05) is 18.3 Å². The van der Waals surface area contributed by atoms with E-state index >= 15 is 0 Å². The predicted molar refractivity (Wildman–Crippen MR) is 98.5 cm³/mol. The number of nitrogens with two attached hydrogens (primary N) is 1. The maximum absolute atomic E-state index is 5.50. The van der Waals surface area contributed by atoms with Crippen LogP contribution in [0.4, 0.5) is 0 Å². The highest BCUT2D eigenvalue weighted by atomic mass is 14.8. The van der Waals surface area contributed by atoms with Crippen LogP contribution in [-0.2, 0) is 0 Å². The Morgan fingerprint density at radius 2 is 1.95 bits per heavy atom. The van der Waals surface area contributed by atoms with Crippen molar-refractivity contribution in [3.8, 4) is 0 Å². The standard InChI is InChI=1S/C19H27N3/c1-15-11-7-8-12-18(15)16(2)19(17(3)21-4)22-14-10-6-5-9-13-20/h7-8,11-12,14H,3-6,9-10,13,20H2,1-2H3/b19-16+,22-14?. The number of benzene rings is 1. The first-order chi connectivity index (χ1) is 10.6. The lowest BCUT2D eigenvalue weighted by Gasteiger charge is -2.10. The zero-order valence-electron chi connectivity index (χ0n) is 13.8. The van der Waals surface area contributed by atoms with E-state index in [1.165, 1.54) is 11.1 Å². The minimum absolute atomic E-state index is 0.610. The van der Waals surface area contributed by atoms with Crippen LogP contribution in [0.25, 0.3) is 5.57 Å². The van der Waals surface area contributed by atoms with E-state index in [-0.39, 0.29) is 0 Å². The van der Waals surface area contributed by atoms with Gasteiger partial charge in [0.05, 0.1) is 11.4 Å². The van der Waals surface area contributed by atoms with Gasteiger partial charge in [-0.2, -0.15) is 0 Å². The van der Waals surface area contributed by atoms with Crippen molar-refractivity contribution in [2.75, 3.05) is 6.54 Å². The first-order valence-electron chi connectivity index (χ1n) is 7.77. The Balaban J connectivity index is 2.95. The Labute approximate surface area is 134 Å². The zero-order chi connectivity index (χ0) is 16.4. The summed E-state index contributed by atoms with van der Waals surface area (Å²) in [5.41, 5.74) is 10.4. The molecule has 0 spiro atoms. The monoisotopic (exact) mass is 297 g/mol. The van der Waals surface area contributed by atoms with E-state index in [0.717, 1.165) is 43.5 Å². The Hall–Kier alpha value is -2.00. The van der Waals surface area contributed by atoms with E-state index < -0.39 is 0 Å². The number of aliphatic imine (C=N–C) groups is 2. The van der Waals surface area contributed by atoms with Crippen LogP contribution in [0, 0.1) is 6.92 Å². The summed E-state index contributed by atoms with van der Waals surface area (Å²) >= 11 is 0. The molecule has 22 heavy (non-hydrogen) atoms. The summed E-state index contributed by atoms with van der Waals surface area (Å²) in [5, 5.41) is 0. The molecule has 3 nitrogen and oxygen atoms in total. The van der Waals surface area contributed by atoms with Gasteiger partial charge in [-0.1, -0.05) is 37.3 Å². The van der Waals surface area contributed by atoms with Gasteiger partial charge in [0.25, 0.3) is 0 Å². The van der Waals surface area contributed by atoms with E-state index in [1.54, 1.807) is 0 Å². The van der Waals surface area contributed by atoms with Crippen molar-refractivity contribution in [3.63, 3.8) is 0 Å². The van der Waals surface area contributed by atoms with Gasteiger partial charge in [0.2, 0.25) is 0 Å². The quantitative estimate of drug-likeness (QED) is 0.406. The van der Waals surface area contributed by atoms with Crippen LogP contribution >= 0.6 is 0 Å². The van der Waals surface area contributed by atoms with Crippen molar-refractivity contribution in [2.24, 2.45) is 15.7 Å². The lowest BCUT2D eigenvalue weighted by atomic mass is 9.99. The number of aryl methyl sites for hydroxylation is 1. The van der Waals surface area contributed by atoms with Crippen molar-refractivity contribution in [1.82, 2.24) is 0 Å². The van der Waals surface area contributed by atoms with Crippen molar-refractivity contribution < 1.29 is 0 Å². The van der Waals surface area contributed by atoms with E-state index in [0.29, 0.717) is 5.70 Å². The Bertz CT molecular complexity index is 568. The van der Waals surface area contributed by atoms with Crippen molar-refractivity contribution in [3.05, 3.63) is 53.4 Å². The molecule has 3 heteroatoms. The Morgan fingerprint density at radius 1 is 1.23 bits per heavy atom. The van der Waals surface area contributed by atoms with Gasteiger partial charge >= 0.3 is 0 Å². The summed E-state index contributed by atoms with van der Waals surface area (Å²) < 4.78 is 0. The van der Waals surface area contributed by atoms with Crippen LogP contribution in [0.2, 0.25) is 0 Å². The molecule has 0 saturated carbocycles. The fourth-order valence-corrected chi connectivity index (χ4v) is 2.30. The molecule has 0 saturated heterocycles. The highest BCUT2D eigenvalue weighted by molar-refractivity contribution is 5.75. The topological polar surface area (TPSA) is 50.7 Å². The Morgan fingerprint density at radius 3 is 2.59 bits per heavy atom. The minimum atomic E-state index is 0.610. The second kappa shape index (κ2) is 9.85. The smallest absolute Gasteiger partial charge is 0.0910 e. The van der Waals surface area contributed by atoms with Crippen molar-refractivity contribution >= 4 is 18.5 Å². The largest absolute Gasteiger partial charge is 0.330 e. The lowest BCUT2D eigenvalue weighted by Crippen LogP contribution is -1.97. The number of nitrogens with zero attached hydrogens (tertiary/aromatic N) is 2. The molecule has 0 fully saturated rings. The fraction of sp³-hybridized carbons (Fsp3) is 0.368. The second-order valence-corrected chi connectivity index (χ2v) is 5.34. The molecule has 0 aliphatic rings. The van der Waals surface area contributed by atoms with Crippen LogP contribution in [0.15, 0.2) is 52.2 Å². The normalized spacial score (nSPS) is 12.3. The van der Waals surface area contributed by atoms with E-state index in [4.69, 9.17) is 5.73 Å². The van der Waals surface area contributed by atoms with Crippen LogP contribution in [0.3, 0.4) is 0 Å². The third-order valence-corrected chi connectivity index (χ3v) is 3.63. The maximum Gasteiger partial charge on any atom is 0.0910 e. The molecule has 1 rings (SSSR count). The molecule has 0 amide bonds. The number of allylic oxidation sites excluding steroid dienone is 1. The first kappa shape index (κ1) is 18.1. The van der Waals surface area contributed by atoms with Gasteiger partial charge in [0, 0.05) is 6.21 Å². The highest BCUT2D eigenvalue weighted by Crippen LogP contribution is 2.26. The van der Waals surface area contributed by atoms with Gasteiger partial charge in [0.15, 0.2) is 0 Å². The molecule has 0 radical (unpaired) electrons. The summed E-state index contributed by atoms with van der Waals surface area (Å²) in [4.78, 5) is 8.56. The van der Waals surface area contributed by atoms with E-state index in [2.05, 4.69) is 49.3 Å². The average Bonchev–Trinajstić information content (AvgIpc) is 2.53. The lowest BCUT2D eigenvalue weighted by molar-refractivity contribution is 0.708. The van der Waals surface area contributed by atoms with Crippen LogP contribution in [0.1, 0.15) is 43.7 Å². The van der Waals surface area contributed by atoms with Gasteiger partial charge in [-0.25, -0.2) is 0 Å². The third kappa shape index (κ3) is 5.41. The first-order valence-corrected chi connectivity index (χ1v) is 7.77. The number of hydrogen-bond donors (Lipinski definition) is 1. The Kier molecular flexibility index (Phi) is 8.08. The average molecular weight is 297 g/mol. The minimum Gasteiger partial charge on any atom is -0.330 e. The van der Waals surface area contributed by atoms with Crippen molar-refractivity contribution in [2.45, 2.75) is 39.5 Å². The molecular formula is C19H27N3. The van der Waals surface area contributed by atoms with Gasteiger partial charge in [-0.3, -0.25) is 9.98 Å². The summed E-state index contributed by atoms with van der Waals surface area (Å²) in [6.45, 7) is 12.4. The van der Waals surface area contributed by atoms with E-state index in [9.17, 15) is 0 Å². The van der Waals surface area contributed by atoms with Gasteiger partial charge in [-0.05, 0) is 63.1 Å². The van der Waals surface area contributed by atoms with Gasteiger partial charge in [-0.15, -0.1) is 0 Å². The number of unbranched alkanes of at least 4 members (excludes halogenated alkanes) is 3. The predicted octanol–water partition coefficient (Wildman–Crippen LogP) is 4.53. The highest BCUT2D eigenvalue weighted by Gasteiger charge is 2.08. The molecule has 0 aliphatic heterocycles. The summed E-state index contributed by atoms with van der Waals surface area (Å²) in [6, 6.07) is 8.26. The molecule has 118 valence electrons. The molecule has 0 aromatic heterocycles. The van der Waals surface area contributed by atoms with Crippen LogP contribution in [0.5, 0.6) is 0 Å². The zero-order valence-corrected chi connectivity index (χ0v) is 13.8. The summed E-state index contributed by atoms with van der Waals surface area (Å²) in [7, 11) is 0. The van der Waals surface area contributed by atoms with Gasteiger partial charge < -0.3 is 5.73 Å². The van der Waals surface area contributed by atoms with Gasteiger partial charge in [0.1, 0.15) is 0 Å². The summed E-state index contributed by atoms with van der Waals surface area (Å²) in [6.07, 6.45) is 6.20. The molecule has 0 aliphatic carbocycles. The number of rotatable bonds is 9. The molecular weight excluding hydrogens is 270 g/mol. The fourth-order valence-electron chi connectivity index (χ4n) is 2.30. The maximum atomic E-state index is 5.50. The molecule has 1 aromatic rings.